The molecule has 1 amide bonds. The molecule has 0 saturated heterocycles. The lowest BCUT2D eigenvalue weighted by Gasteiger charge is -2.14. The van der Waals surface area contributed by atoms with E-state index in [4.69, 9.17) is 16.7 Å². The number of amides is 1. The smallest absolute Gasteiger partial charge is 0.330 e. The van der Waals surface area contributed by atoms with Gasteiger partial charge in [0, 0.05) is 12.1 Å². The van der Waals surface area contributed by atoms with Crippen LogP contribution < -0.4 is 5.32 Å². The van der Waals surface area contributed by atoms with Crippen molar-refractivity contribution in [3.8, 4) is 0 Å². The fraction of sp³-hybridized carbons (Fsp3) is 0.273. The molecule has 92 valence electrons. The number of ether oxygens (including phenoxy) is 1. The van der Waals surface area contributed by atoms with Crippen LogP contribution in [0.4, 0.5) is 0 Å². The molecule has 0 aliphatic rings. The number of carboxylic acid groups (broad SMARTS) is 1. The quantitative estimate of drug-likeness (QED) is 0.832. The molecule has 1 aromatic carbocycles. The normalized spacial score (nSPS) is 11.9. The molecule has 5 nitrogen and oxygen atoms in total. The highest BCUT2D eigenvalue weighted by atomic mass is 35.5. The molecule has 0 radical (unpaired) electrons. The van der Waals surface area contributed by atoms with Crippen LogP contribution >= 0.6 is 11.6 Å². The summed E-state index contributed by atoms with van der Waals surface area (Å²) in [4.78, 5) is 22.3. The van der Waals surface area contributed by atoms with Gasteiger partial charge in [-0.15, -0.1) is 0 Å². The predicted molar refractivity (Wildman–Crippen MR) is 61.8 cm³/mol. The molecular formula is C11H12ClNO4. The summed E-state index contributed by atoms with van der Waals surface area (Å²) >= 11 is 5.70. The summed E-state index contributed by atoms with van der Waals surface area (Å²) in [6, 6.07) is 5.13. The van der Waals surface area contributed by atoms with Crippen LogP contribution in [0.5, 0.6) is 0 Å². The Labute approximate surface area is 103 Å². The minimum absolute atomic E-state index is 0.183. The number of nitrogens with one attached hydrogen (secondary N) is 1. The molecule has 0 heterocycles. The minimum atomic E-state index is -1.14. The second-order valence-corrected chi connectivity index (χ2v) is 3.76. The fourth-order valence-corrected chi connectivity index (χ4v) is 1.40. The maximum atomic E-state index is 11.3. The topological polar surface area (TPSA) is 75.6 Å². The van der Waals surface area contributed by atoms with Gasteiger partial charge in [-0.25, -0.2) is 4.79 Å². The van der Waals surface area contributed by atoms with Crippen molar-refractivity contribution in [1.82, 2.24) is 5.32 Å². The molecule has 1 unspecified atom stereocenters. The van der Waals surface area contributed by atoms with Crippen molar-refractivity contribution in [2.45, 2.75) is 6.04 Å². The fourth-order valence-electron chi connectivity index (χ4n) is 1.28. The number of rotatable bonds is 5. The maximum absolute atomic E-state index is 11.3. The molecule has 0 spiro atoms. The highest BCUT2D eigenvalue weighted by molar-refractivity contribution is 6.30. The molecular weight excluding hydrogens is 246 g/mol. The third kappa shape index (κ3) is 4.05. The van der Waals surface area contributed by atoms with Crippen molar-refractivity contribution < 1.29 is 19.4 Å². The standard InChI is InChI=1S/C11H12ClNO4/c1-17-6-9(14)13-10(11(15)16)7-2-4-8(12)5-3-7/h2-5,10H,6H2,1H3,(H,13,14)(H,15,16). The zero-order valence-electron chi connectivity index (χ0n) is 9.14. The van der Waals surface area contributed by atoms with Gasteiger partial charge in [0.1, 0.15) is 6.61 Å². The Morgan fingerprint density at radius 1 is 1.41 bits per heavy atom. The zero-order valence-corrected chi connectivity index (χ0v) is 9.90. The van der Waals surface area contributed by atoms with Crippen molar-refractivity contribution in [2.24, 2.45) is 0 Å². The van der Waals surface area contributed by atoms with Crippen LogP contribution in [0.15, 0.2) is 24.3 Å². The molecule has 0 aliphatic carbocycles. The molecule has 6 heteroatoms. The van der Waals surface area contributed by atoms with Crippen LogP contribution in [-0.2, 0) is 14.3 Å². The van der Waals surface area contributed by atoms with Crippen LogP contribution in [0.1, 0.15) is 11.6 Å². The summed E-state index contributed by atoms with van der Waals surface area (Å²) in [5.41, 5.74) is 0.450. The molecule has 0 aromatic heterocycles. The van der Waals surface area contributed by atoms with Gasteiger partial charge in [0.05, 0.1) is 0 Å². The van der Waals surface area contributed by atoms with Crippen molar-refractivity contribution in [1.29, 1.82) is 0 Å². The molecule has 0 bridgehead atoms. The van der Waals surface area contributed by atoms with Gasteiger partial charge in [-0.2, -0.15) is 0 Å². The largest absolute Gasteiger partial charge is 0.479 e. The Bertz CT molecular complexity index is 404. The van der Waals surface area contributed by atoms with E-state index >= 15 is 0 Å². The third-order valence-electron chi connectivity index (χ3n) is 2.03. The van der Waals surface area contributed by atoms with E-state index in [1.54, 1.807) is 24.3 Å². The Morgan fingerprint density at radius 2 is 2.00 bits per heavy atom. The number of hydrogen-bond acceptors (Lipinski definition) is 3. The SMILES string of the molecule is COCC(=O)NC(C(=O)O)c1ccc(Cl)cc1. The van der Waals surface area contributed by atoms with Crippen LogP contribution in [0.2, 0.25) is 5.02 Å². The van der Waals surface area contributed by atoms with Gasteiger partial charge in [0.2, 0.25) is 5.91 Å². The molecule has 0 fully saturated rings. The predicted octanol–water partition coefficient (Wildman–Crippen LogP) is 1.23. The van der Waals surface area contributed by atoms with Crippen LogP contribution in [0.25, 0.3) is 0 Å². The van der Waals surface area contributed by atoms with Gasteiger partial charge in [0.25, 0.3) is 0 Å². The summed E-state index contributed by atoms with van der Waals surface area (Å²) in [5.74, 6) is -1.63. The highest BCUT2D eigenvalue weighted by Crippen LogP contribution is 2.16. The zero-order chi connectivity index (χ0) is 12.8. The van der Waals surface area contributed by atoms with Gasteiger partial charge in [0.15, 0.2) is 6.04 Å². The molecule has 0 aliphatic heterocycles. The molecule has 1 aromatic rings. The summed E-state index contributed by atoms with van der Waals surface area (Å²) in [5, 5.41) is 11.9. The monoisotopic (exact) mass is 257 g/mol. The Balaban J connectivity index is 2.82. The maximum Gasteiger partial charge on any atom is 0.330 e. The van der Waals surface area contributed by atoms with E-state index < -0.39 is 17.9 Å². The first-order valence-electron chi connectivity index (χ1n) is 4.81. The van der Waals surface area contributed by atoms with Crippen molar-refractivity contribution >= 4 is 23.5 Å². The first-order chi connectivity index (χ1) is 8.04. The molecule has 2 N–H and O–H groups in total. The van der Waals surface area contributed by atoms with Crippen molar-refractivity contribution in [3.63, 3.8) is 0 Å². The van der Waals surface area contributed by atoms with E-state index in [0.29, 0.717) is 10.6 Å². The summed E-state index contributed by atoms with van der Waals surface area (Å²) in [7, 11) is 1.36. The number of methoxy groups -OCH3 is 1. The van der Waals surface area contributed by atoms with Crippen LogP contribution in [0, 0.1) is 0 Å². The number of aliphatic carboxylic acids is 1. The number of hydrogen-bond donors (Lipinski definition) is 2. The summed E-state index contributed by atoms with van der Waals surface area (Å²) in [6.07, 6.45) is 0. The molecule has 0 saturated carbocycles. The number of halogens is 1. The molecule has 1 atom stereocenters. The van der Waals surface area contributed by atoms with Gasteiger partial charge >= 0.3 is 5.97 Å². The van der Waals surface area contributed by atoms with Crippen LogP contribution in [0.3, 0.4) is 0 Å². The first-order valence-corrected chi connectivity index (χ1v) is 5.19. The molecule has 17 heavy (non-hydrogen) atoms. The molecule has 1 rings (SSSR count). The van der Waals surface area contributed by atoms with Gasteiger partial charge in [-0.1, -0.05) is 23.7 Å². The average molecular weight is 258 g/mol. The summed E-state index contributed by atoms with van der Waals surface area (Å²) in [6.45, 7) is -0.183. The van der Waals surface area contributed by atoms with Gasteiger partial charge in [-0.05, 0) is 17.7 Å². The Hall–Kier alpha value is -1.59. The highest BCUT2D eigenvalue weighted by Gasteiger charge is 2.21. The van der Waals surface area contributed by atoms with E-state index in [2.05, 4.69) is 10.1 Å². The number of carbonyl (C=O) groups is 2. The second-order valence-electron chi connectivity index (χ2n) is 3.32. The lowest BCUT2D eigenvalue weighted by atomic mass is 10.1. The Kier molecular flexibility index (Phi) is 4.93. The Morgan fingerprint density at radius 3 is 2.47 bits per heavy atom. The lowest BCUT2D eigenvalue weighted by Crippen LogP contribution is -2.35. The average Bonchev–Trinajstić information content (AvgIpc) is 2.27. The number of carbonyl (C=O) groups excluding carboxylic acids is 1. The number of carboxylic acids is 1. The number of benzene rings is 1. The van der Waals surface area contributed by atoms with Gasteiger partial charge < -0.3 is 15.2 Å². The van der Waals surface area contributed by atoms with Crippen molar-refractivity contribution in [2.75, 3.05) is 13.7 Å². The van der Waals surface area contributed by atoms with E-state index in [0.717, 1.165) is 0 Å². The first kappa shape index (κ1) is 13.5. The second kappa shape index (κ2) is 6.22. The van der Waals surface area contributed by atoms with E-state index in [1.807, 2.05) is 0 Å². The van der Waals surface area contributed by atoms with Crippen molar-refractivity contribution in [3.05, 3.63) is 34.9 Å². The van der Waals surface area contributed by atoms with Crippen LogP contribution in [-0.4, -0.2) is 30.7 Å². The van der Waals surface area contributed by atoms with E-state index in [1.165, 1.54) is 7.11 Å². The van der Waals surface area contributed by atoms with E-state index in [-0.39, 0.29) is 6.61 Å². The third-order valence-corrected chi connectivity index (χ3v) is 2.28. The minimum Gasteiger partial charge on any atom is -0.479 e. The van der Waals surface area contributed by atoms with E-state index in [9.17, 15) is 9.59 Å². The van der Waals surface area contributed by atoms with Gasteiger partial charge in [-0.3, -0.25) is 4.79 Å². The lowest BCUT2D eigenvalue weighted by molar-refractivity contribution is -0.142. The summed E-state index contributed by atoms with van der Waals surface area (Å²) < 4.78 is 4.61.